The van der Waals surface area contributed by atoms with Gasteiger partial charge in [0, 0.05) is 24.3 Å². The van der Waals surface area contributed by atoms with Crippen molar-refractivity contribution in [2.24, 2.45) is 5.73 Å². The number of carbonyl (C=O) groups excluding carboxylic acids is 1. The molecule has 116 valence electrons. The minimum absolute atomic E-state index is 0.0364. The lowest BCUT2D eigenvalue weighted by atomic mass is 10.0. The second kappa shape index (κ2) is 7.43. The van der Waals surface area contributed by atoms with Crippen LogP contribution in [0.15, 0.2) is 24.3 Å². The molecule has 2 rings (SSSR count). The minimum Gasteiger partial charge on any atom is -0.336 e. The first-order valence-electron chi connectivity index (χ1n) is 7.67. The lowest BCUT2D eigenvalue weighted by Gasteiger charge is -2.32. The van der Waals surface area contributed by atoms with E-state index >= 15 is 0 Å². The first kappa shape index (κ1) is 15.8. The Morgan fingerprint density at radius 3 is 3.00 bits per heavy atom. The summed E-state index contributed by atoms with van der Waals surface area (Å²) in [7, 11) is 2.12. The van der Waals surface area contributed by atoms with Crippen molar-refractivity contribution >= 4 is 11.7 Å². The van der Waals surface area contributed by atoms with Gasteiger partial charge in [-0.3, -0.25) is 0 Å². The molecule has 0 aliphatic carbocycles. The highest BCUT2D eigenvalue weighted by Crippen LogP contribution is 2.16. The predicted molar refractivity (Wildman–Crippen MR) is 86.3 cm³/mol. The van der Waals surface area contributed by atoms with Gasteiger partial charge in [-0.25, -0.2) is 4.79 Å². The number of rotatable bonds is 4. The highest BCUT2D eigenvalue weighted by Gasteiger charge is 2.19. The van der Waals surface area contributed by atoms with E-state index in [1.54, 1.807) is 0 Å². The molecule has 0 saturated carbocycles. The minimum atomic E-state index is -0.157. The van der Waals surface area contributed by atoms with E-state index in [2.05, 4.69) is 22.6 Å². The molecule has 1 aromatic rings. The highest BCUT2D eigenvalue weighted by atomic mass is 16.2. The third-order valence-corrected chi connectivity index (χ3v) is 4.09. The van der Waals surface area contributed by atoms with Crippen molar-refractivity contribution in [3.8, 4) is 0 Å². The zero-order chi connectivity index (χ0) is 15.2. The van der Waals surface area contributed by atoms with Crippen LogP contribution >= 0.6 is 0 Å². The molecular weight excluding hydrogens is 264 g/mol. The number of hydrogen-bond acceptors (Lipinski definition) is 3. The zero-order valence-corrected chi connectivity index (χ0v) is 12.9. The van der Waals surface area contributed by atoms with Crippen LogP contribution in [0.25, 0.3) is 0 Å². The maximum atomic E-state index is 12.0. The quantitative estimate of drug-likeness (QED) is 0.797. The molecule has 21 heavy (non-hydrogen) atoms. The number of urea groups is 1. The molecule has 2 atom stereocenters. The Balaban J connectivity index is 1.82. The standard InChI is InChI=1S/C16H26N4O/c1-12(17)13-6-5-7-14(10-13)19-16(21)18-11-15-8-3-4-9-20(15)2/h5-7,10,12,15H,3-4,8-9,11,17H2,1-2H3,(H2,18,19,21). The summed E-state index contributed by atoms with van der Waals surface area (Å²) in [4.78, 5) is 14.3. The van der Waals surface area contributed by atoms with Crippen molar-refractivity contribution in [2.45, 2.75) is 38.3 Å². The van der Waals surface area contributed by atoms with E-state index in [1.807, 2.05) is 31.2 Å². The van der Waals surface area contributed by atoms with Crippen molar-refractivity contribution in [2.75, 3.05) is 25.5 Å². The van der Waals surface area contributed by atoms with Crippen LogP contribution in [0.3, 0.4) is 0 Å². The van der Waals surface area contributed by atoms with Crippen LogP contribution in [0.1, 0.15) is 37.8 Å². The van der Waals surface area contributed by atoms with Crippen LogP contribution < -0.4 is 16.4 Å². The Morgan fingerprint density at radius 1 is 1.48 bits per heavy atom. The van der Waals surface area contributed by atoms with E-state index in [1.165, 1.54) is 12.8 Å². The number of nitrogens with one attached hydrogen (secondary N) is 2. The van der Waals surface area contributed by atoms with Gasteiger partial charge in [-0.05, 0) is 51.1 Å². The van der Waals surface area contributed by atoms with Gasteiger partial charge in [0.1, 0.15) is 0 Å². The van der Waals surface area contributed by atoms with Crippen molar-refractivity contribution in [3.63, 3.8) is 0 Å². The molecule has 2 unspecified atom stereocenters. The number of hydrogen-bond donors (Lipinski definition) is 3. The number of nitrogens with two attached hydrogens (primary N) is 1. The molecule has 0 radical (unpaired) electrons. The second-order valence-corrected chi connectivity index (χ2v) is 5.88. The van der Waals surface area contributed by atoms with Gasteiger partial charge >= 0.3 is 6.03 Å². The van der Waals surface area contributed by atoms with E-state index in [0.29, 0.717) is 12.6 Å². The monoisotopic (exact) mass is 290 g/mol. The number of benzene rings is 1. The van der Waals surface area contributed by atoms with Crippen molar-refractivity contribution in [1.82, 2.24) is 10.2 Å². The van der Waals surface area contributed by atoms with Crippen LogP contribution in [-0.4, -0.2) is 37.1 Å². The van der Waals surface area contributed by atoms with Gasteiger partial charge in [0.05, 0.1) is 0 Å². The summed E-state index contributed by atoms with van der Waals surface area (Å²) in [6, 6.07) is 7.91. The topological polar surface area (TPSA) is 70.4 Å². The third kappa shape index (κ3) is 4.72. The first-order valence-corrected chi connectivity index (χ1v) is 7.67. The van der Waals surface area contributed by atoms with Crippen LogP contribution in [0, 0.1) is 0 Å². The second-order valence-electron chi connectivity index (χ2n) is 5.88. The summed E-state index contributed by atoms with van der Waals surface area (Å²) < 4.78 is 0. The van der Waals surface area contributed by atoms with E-state index in [9.17, 15) is 4.79 Å². The maximum Gasteiger partial charge on any atom is 0.319 e. The first-order chi connectivity index (χ1) is 10.1. The van der Waals surface area contributed by atoms with Gasteiger partial charge in [0.25, 0.3) is 0 Å². The molecule has 1 fully saturated rings. The Bertz CT molecular complexity index is 475. The molecule has 4 N–H and O–H groups in total. The smallest absolute Gasteiger partial charge is 0.319 e. The number of piperidine rings is 1. The fourth-order valence-electron chi connectivity index (χ4n) is 2.69. The number of anilines is 1. The van der Waals surface area contributed by atoms with Gasteiger partial charge < -0.3 is 21.3 Å². The van der Waals surface area contributed by atoms with E-state index in [0.717, 1.165) is 24.2 Å². The fourth-order valence-corrected chi connectivity index (χ4v) is 2.69. The maximum absolute atomic E-state index is 12.0. The Morgan fingerprint density at radius 2 is 2.29 bits per heavy atom. The third-order valence-electron chi connectivity index (χ3n) is 4.09. The summed E-state index contributed by atoms with van der Waals surface area (Å²) in [6.45, 7) is 3.73. The summed E-state index contributed by atoms with van der Waals surface area (Å²) in [5, 5.41) is 5.82. The number of nitrogens with zero attached hydrogens (tertiary/aromatic N) is 1. The van der Waals surface area contributed by atoms with Gasteiger partial charge in [-0.1, -0.05) is 18.6 Å². The van der Waals surface area contributed by atoms with Crippen molar-refractivity contribution < 1.29 is 4.79 Å². The molecule has 1 aromatic carbocycles. The van der Waals surface area contributed by atoms with Crippen LogP contribution in [0.5, 0.6) is 0 Å². The zero-order valence-electron chi connectivity index (χ0n) is 12.9. The molecular formula is C16H26N4O. The molecule has 1 aliphatic heterocycles. The average Bonchev–Trinajstić information content (AvgIpc) is 2.46. The van der Waals surface area contributed by atoms with E-state index in [-0.39, 0.29) is 12.1 Å². The van der Waals surface area contributed by atoms with E-state index in [4.69, 9.17) is 5.73 Å². The molecule has 5 heteroatoms. The Hall–Kier alpha value is -1.59. The molecule has 1 heterocycles. The number of likely N-dealkylation sites (tertiary alicyclic amines) is 1. The Kier molecular flexibility index (Phi) is 5.59. The average molecular weight is 290 g/mol. The summed E-state index contributed by atoms with van der Waals surface area (Å²) in [5.74, 6) is 0. The SMILES string of the molecule is CC(N)c1cccc(NC(=O)NCC2CCCCN2C)c1. The molecule has 5 nitrogen and oxygen atoms in total. The number of likely N-dealkylation sites (N-methyl/N-ethyl adjacent to an activating group) is 1. The molecule has 0 spiro atoms. The number of carbonyl (C=O) groups is 1. The molecule has 1 saturated heterocycles. The summed E-state index contributed by atoms with van der Waals surface area (Å²) in [6.07, 6.45) is 3.65. The van der Waals surface area contributed by atoms with Gasteiger partial charge in [0.15, 0.2) is 0 Å². The summed E-state index contributed by atoms with van der Waals surface area (Å²) in [5.41, 5.74) is 7.64. The summed E-state index contributed by atoms with van der Waals surface area (Å²) >= 11 is 0. The normalized spacial score (nSPS) is 20.8. The molecule has 1 aliphatic rings. The molecule has 0 aromatic heterocycles. The van der Waals surface area contributed by atoms with E-state index < -0.39 is 0 Å². The van der Waals surface area contributed by atoms with Crippen molar-refractivity contribution in [3.05, 3.63) is 29.8 Å². The van der Waals surface area contributed by atoms with Gasteiger partial charge in [-0.15, -0.1) is 0 Å². The molecule has 0 bridgehead atoms. The lowest BCUT2D eigenvalue weighted by molar-refractivity contribution is 0.182. The van der Waals surface area contributed by atoms with Crippen LogP contribution in [-0.2, 0) is 0 Å². The van der Waals surface area contributed by atoms with Crippen molar-refractivity contribution in [1.29, 1.82) is 0 Å². The predicted octanol–water partition coefficient (Wildman–Crippen LogP) is 2.31. The van der Waals surface area contributed by atoms with Gasteiger partial charge in [0.2, 0.25) is 0 Å². The Labute approximate surface area is 126 Å². The lowest BCUT2D eigenvalue weighted by Crippen LogP contribution is -2.45. The van der Waals surface area contributed by atoms with Crippen LogP contribution in [0.2, 0.25) is 0 Å². The molecule has 2 amide bonds. The largest absolute Gasteiger partial charge is 0.336 e. The van der Waals surface area contributed by atoms with Gasteiger partial charge in [-0.2, -0.15) is 0 Å². The highest BCUT2D eigenvalue weighted by molar-refractivity contribution is 5.89. The van der Waals surface area contributed by atoms with Crippen LogP contribution in [0.4, 0.5) is 10.5 Å². The number of amides is 2. The fraction of sp³-hybridized carbons (Fsp3) is 0.562.